The second kappa shape index (κ2) is 4.89. The van der Waals surface area contributed by atoms with Crippen LogP contribution in [0.15, 0.2) is 6.07 Å². The zero-order valence-corrected chi connectivity index (χ0v) is 11.3. The summed E-state index contributed by atoms with van der Waals surface area (Å²) in [6.45, 7) is 6.56. The van der Waals surface area contributed by atoms with Gasteiger partial charge in [0.2, 0.25) is 0 Å². The summed E-state index contributed by atoms with van der Waals surface area (Å²) in [5.41, 5.74) is 1.18. The SMILES string of the molecule is Cc1cc(C(O)C2CCCC(C)C2)c(C)s1. The Bertz CT molecular complexity index is 356. The number of hydrogen-bond acceptors (Lipinski definition) is 2. The first-order chi connectivity index (χ1) is 7.58. The number of hydrogen-bond donors (Lipinski definition) is 1. The fourth-order valence-corrected chi connectivity index (χ4v) is 3.93. The third-order valence-electron chi connectivity index (χ3n) is 3.82. The first-order valence-electron chi connectivity index (χ1n) is 6.33. The van der Waals surface area contributed by atoms with E-state index >= 15 is 0 Å². The molecular weight excluding hydrogens is 216 g/mol. The van der Waals surface area contributed by atoms with E-state index in [4.69, 9.17) is 0 Å². The van der Waals surface area contributed by atoms with E-state index in [0.717, 1.165) is 5.92 Å². The number of aliphatic hydroxyl groups is 1. The Kier molecular flexibility index (Phi) is 3.70. The van der Waals surface area contributed by atoms with E-state index in [-0.39, 0.29) is 6.10 Å². The lowest BCUT2D eigenvalue weighted by molar-refractivity contribution is 0.0713. The van der Waals surface area contributed by atoms with Crippen LogP contribution in [-0.2, 0) is 0 Å². The average molecular weight is 238 g/mol. The van der Waals surface area contributed by atoms with Gasteiger partial charge in [-0.25, -0.2) is 0 Å². The van der Waals surface area contributed by atoms with Crippen LogP contribution in [0.4, 0.5) is 0 Å². The summed E-state index contributed by atoms with van der Waals surface area (Å²) in [4.78, 5) is 2.61. The summed E-state index contributed by atoms with van der Waals surface area (Å²) in [6.07, 6.45) is 4.78. The van der Waals surface area contributed by atoms with E-state index in [9.17, 15) is 5.11 Å². The van der Waals surface area contributed by atoms with Gasteiger partial charge in [-0.3, -0.25) is 0 Å². The van der Waals surface area contributed by atoms with Crippen molar-refractivity contribution in [2.75, 3.05) is 0 Å². The van der Waals surface area contributed by atoms with Gasteiger partial charge in [0.25, 0.3) is 0 Å². The maximum Gasteiger partial charge on any atom is 0.0829 e. The summed E-state index contributed by atoms with van der Waals surface area (Å²) in [7, 11) is 0. The average Bonchev–Trinajstić information content (AvgIpc) is 2.57. The smallest absolute Gasteiger partial charge is 0.0829 e. The van der Waals surface area contributed by atoms with Gasteiger partial charge in [-0.2, -0.15) is 0 Å². The predicted octanol–water partition coefficient (Wildman–Crippen LogP) is 4.22. The molecule has 1 heterocycles. The molecule has 1 N–H and O–H groups in total. The lowest BCUT2D eigenvalue weighted by Crippen LogP contribution is -2.20. The zero-order valence-electron chi connectivity index (χ0n) is 10.5. The molecule has 2 heteroatoms. The van der Waals surface area contributed by atoms with Crippen LogP contribution in [0.25, 0.3) is 0 Å². The monoisotopic (exact) mass is 238 g/mol. The molecule has 1 fully saturated rings. The topological polar surface area (TPSA) is 20.2 Å². The minimum Gasteiger partial charge on any atom is -0.388 e. The lowest BCUT2D eigenvalue weighted by atomic mass is 9.78. The molecule has 3 atom stereocenters. The molecule has 0 spiro atoms. The quantitative estimate of drug-likeness (QED) is 0.817. The number of aliphatic hydroxyl groups excluding tert-OH is 1. The fraction of sp³-hybridized carbons (Fsp3) is 0.714. The standard InChI is InChI=1S/C14H22OS/c1-9-5-4-6-12(7-9)14(15)13-8-10(2)16-11(13)3/h8-9,12,14-15H,4-7H2,1-3H3. The fourth-order valence-electron chi connectivity index (χ4n) is 2.97. The van der Waals surface area contributed by atoms with Gasteiger partial charge in [0.15, 0.2) is 0 Å². The molecule has 1 nitrogen and oxygen atoms in total. The summed E-state index contributed by atoms with van der Waals surface area (Å²) >= 11 is 1.80. The molecule has 0 aromatic carbocycles. The van der Waals surface area contributed by atoms with Gasteiger partial charge in [0.1, 0.15) is 0 Å². The molecule has 1 aliphatic rings. The van der Waals surface area contributed by atoms with Crippen molar-refractivity contribution in [3.8, 4) is 0 Å². The highest BCUT2D eigenvalue weighted by atomic mass is 32.1. The van der Waals surface area contributed by atoms with Crippen molar-refractivity contribution in [1.29, 1.82) is 0 Å². The van der Waals surface area contributed by atoms with Crippen molar-refractivity contribution < 1.29 is 5.11 Å². The van der Waals surface area contributed by atoms with Crippen molar-refractivity contribution in [3.63, 3.8) is 0 Å². The molecule has 16 heavy (non-hydrogen) atoms. The van der Waals surface area contributed by atoms with Crippen LogP contribution in [0.3, 0.4) is 0 Å². The van der Waals surface area contributed by atoms with Crippen LogP contribution in [0.2, 0.25) is 0 Å². The third-order valence-corrected chi connectivity index (χ3v) is 4.80. The van der Waals surface area contributed by atoms with Crippen LogP contribution in [-0.4, -0.2) is 5.11 Å². The highest BCUT2D eigenvalue weighted by Gasteiger charge is 2.27. The second-order valence-corrected chi connectivity index (χ2v) is 6.81. The third kappa shape index (κ3) is 2.49. The number of rotatable bonds is 2. The first kappa shape index (κ1) is 12.1. The van der Waals surface area contributed by atoms with Crippen molar-refractivity contribution >= 4 is 11.3 Å². The highest BCUT2D eigenvalue weighted by Crippen LogP contribution is 2.39. The molecule has 0 aliphatic heterocycles. The van der Waals surface area contributed by atoms with E-state index in [2.05, 4.69) is 26.8 Å². The molecule has 3 unspecified atom stereocenters. The molecule has 1 aliphatic carbocycles. The summed E-state index contributed by atoms with van der Waals surface area (Å²) < 4.78 is 0. The largest absolute Gasteiger partial charge is 0.388 e. The van der Waals surface area contributed by atoms with Crippen LogP contribution >= 0.6 is 11.3 Å². The first-order valence-corrected chi connectivity index (χ1v) is 7.14. The molecule has 90 valence electrons. The number of aryl methyl sites for hydroxylation is 2. The molecule has 0 amide bonds. The molecule has 1 aromatic heterocycles. The molecule has 0 bridgehead atoms. The Balaban J connectivity index is 2.11. The normalized spacial score (nSPS) is 28.0. The lowest BCUT2D eigenvalue weighted by Gasteiger charge is -2.30. The van der Waals surface area contributed by atoms with Gasteiger partial charge in [-0.05, 0) is 50.2 Å². The van der Waals surface area contributed by atoms with Crippen LogP contribution in [0.5, 0.6) is 0 Å². The number of thiophene rings is 1. The molecule has 1 aromatic rings. The summed E-state index contributed by atoms with van der Waals surface area (Å²) in [5.74, 6) is 1.27. The summed E-state index contributed by atoms with van der Waals surface area (Å²) in [5, 5.41) is 10.5. The molecule has 1 saturated carbocycles. The van der Waals surface area contributed by atoms with E-state index < -0.39 is 0 Å². The second-order valence-electron chi connectivity index (χ2n) is 5.35. The Morgan fingerprint density at radius 2 is 2.12 bits per heavy atom. The van der Waals surface area contributed by atoms with E-state index in [0.29, 0.717) is 5.92 Å². The van der Waals surface area contributed by atoms with E-state index in [1.54, 1.807) is 11.3 Å². The van der Waals surface area contributed by atoms with Gasteiger partial charge in [-0.1, -0.05) is 19.8 Å². The van der Waals surface area contributed by atoms with Gasteiger partial charge in [0, 0.05) is 9.75 Å². The highest BCUT2D eigenvalue weighted by molar-refractivity contribution is 7.12. The minimum absolute atomic E-state index is 0.229. The van der Waals surface area contributed by atoms with Crippen molar-refractivity contribution in [1.82, 2.24) is 0 Å². The molecular formula is C14H22OS. The molecule has 0 radical (unpaired) electrons. The molecule has 0 saturated heterocycles. The van der Waals surface area contributed by atoms with E-state index in [1.807, 2.05) is 0 Å². The maximum absolute atomic E-state index is 10.5. The van der Waals surface area contributed by atoms with Crippen molar-refractivity contribution in [2.45, 2.75) is 52.6 Å². The van der Waals surface area contributed by atoms with Gasteiger partial charge < -0.3 is 5.11 Å². The van der Waals surface area contributed by atoms with Crippen molar-refractivity contribution in [2.24, 2.45) is 11.8 Å². The Morgan fingerprint density at radius 1 is 1.38 bits per heavy atom. The summed E-state index contributed by atoms with van der Waals surface area (Å²) in [6, 6.07) is 2.17. The van der Waals surface area contributed by atoms with E-state index in [1.165, 1.54) is 41.0 Å². The molecule has 2 rings (SSSR count). The predicted molar refractivity (Wildman–Crippen MR) is 69.9 cm³/mol. The zero-order chi connectivity index (χ0) is 11.7. The van der Waals surface area contributed by atoms with Gasteiger partial charge >= 0.3 is 0 Å². The van der Waals surface area contributed by atoms with Crippen LogP contribution in [0, 0.1) is 25.7 Å². The van der Waals surface area contributed by atoms with Gasteiger partial charge in [0.05, 0.1) is 6.10 Å². The van der Waals surface area contributed by atoms with Gasteiger partial charge in [-0.15, -0.1) is 11.3 Å². The van der Waals surface area contributed by atoms with Crippen molar-refractivity contribution in [3.05, 3.63) is 21.4 Å². The van der Waals surface area contributed by atoms with Crippen LogP contribution < -0.4 is 0 Å². The maximum atomic E-state index is 10.5. The minimum atomic E-state index is -0.229. The Hall–Kier alpha value is -0.340. The Labute approximate surface area is 103 Å². The van der Waals surface area contributed by atoms with Crippen LogP contribution in [0.1, 0.15) is 54.0 Å². The Morgan fingerprint density at radius 3 is 2.69 bits per heavy atom.